The number of anilines is 3. The molecular formula is C14H16BrN3O2S. The van der Waals surface area contributed by atoms with Crippen LogP contribution < -0.4 is 15.8 Å². The number of nitrogen functional groups attached to an aromatic ring is 1. The van der Waals surface area contributed by atoms with Crippen molar-refractivity contribution in [3.8, 4) is 0 Å². The summed E-state index contributed by atoms with van der Waals surface area (Å²) < 4.78 is 26.7. The molecule has 0 spiro atoms. The number of hydrogen-bond acceptors (Lipinski definition) is 4. The summed E-state index contributed by atoms with van der Waals surface area (Å²) in [4.78, 5) is 0.0684. The van der Waals surface area contributed by atoms with Gasteiger partial charge in [-0.05, 0) is 65.8 Å². The van der Waals surface area contributed by atoms with Gasteiger partial charge in [0.05, 0.1) is 11.4 Å². The van der Waals surface area contributed by atoms with Crippen LogP contribution in [0.5, 0.6) is 0 Å². The molecule has 0 aliphatic rings. The largest absolute Gasteiger partial charge is 0.398 e. The van der Waals surface area contributed by atoms with Crippen molar-refractivity contribution in [2.75, 3.05) is 18.1 Å². The van der Waals surface area contributed by atoms with Crippen molar-refractivity contribution in [3.63, 3.8) is 0 Å². The van der Waals surface area contributed by atoms with E-state index in [2.05, 4.69) is 26.0 Å². The van der Waals surface area contributed by atoms with E-state index in [1.807, 2.05) is 25.1 Å². The molecule has 0 aromatic heterocycles. The number of hydrogen-bond donors (Lipinski definition) is 3. The summed E-state index contributed by atoms with van der Waals surface area (Å²) in [5.74, 6) is 0. The average molecular weight is 370 g/mol. The standard InChI is InChI=1S/C14H16BrN3O2S/c1-9-3-5-11(15)13(7-9)18-10-4-6-14(12(16)8-10)21(19,20)17-2/h3-8,17-18H,16H2,1-2H3. The highest BCUT2D eigenvalue weighted by Crippen LogP contribution is 2.29. The van der Waals surface area contributed by atoms with E-state index >= 15 is 0 Å². The summed E-state index contributed by atoms with van der Waals surface area (Å²) in [5.41, 5.74) is 8.74. The lowest BCUT2D eigenvalue weighted by atomic mass is 10.2. The summed E-state index contributed by atoms with van der Waals surface area (Å²) in [7, 11) is -2.19. The van der Waals surface area contributed by atoms with E-state index in [9.17, 15) is 8.42 Å². The molecule has 2 rings (SSSR count). The van der Waals surface area contributed by atoms with Crippen molar-refractivity contribution in [2.24, 2.45) is 0 Å². The number of benzene rings is 2. The van der Waals surface area contributed by atoms with Gasteiger partial charge < -0.3 is 11.1 Å². The van der Waals surface area contributed by atoms with Gasteiger partial charge in [-0.3, -0.25) is 0 Å². The second-order valence-electron chi connectivity index (χ2n) is 4.57. The molecule has 0 radical (unpaired) electrons. The monoisotopic (exact) mass is 369 g/mol. The third-order valence-electron chi connectivity index (χ3n) is 2.97. The highest BCUT2D eigenvalue weighted by atomic mass is 79.9. The summed E-state index contributed by atoms with van der Waals surface area (Å²) in [6.45, 7) is 1.99. The fourth-order valence-electron chi connectivity index (χ4n) is 1.87. The zero-order valence-electron chi connectivity index (χ0n) is 11.6. The Bertz CT molecular complexity index is 776. The van der Waals surface area contributed by atoms with Crippen LogP contribution in [-0.2, 0) is 10.0 Å². The average Bonchev–Trinajstić information content (AvgIpc) is 2.43. The first-order valence-electron chi connectivity index (χ1n) is 6.20. The van der Waals surface area contributed by atoms with Gasteiger partial charge in [-0.15, -0.1) is 0 Å². The van der Waals surface area contributed by atoms with Gasteiger partial charge >= 0.3 is 0 Å². The first-order valence-corrected chi connectivity index (χ1v) is 8.47. The predicted molar refractivity (Wildman–Crippen MR) is 89.3 cm³/mol. The molecule has 0 atom stereocenters. The van der Waals surface area contributed by atoms with Gasteiger partial charge in [-0.2, -0.15) is 0 Å². The minimum Gasteiger partial charge on any atom is -0.398 e. The van der Waals surface area contributed by atoms with E-state index in [0.29, 0.717) is 5.69 Å². The van der Waals surface area contributed by atoms with Crippen LogP contribution in [0.25, 0.3) is 0 Å². The Balaban J connectivity index is 2.35. The van der Waals surface area contributed by atoms with Gasteiger partial charge in [0.25, 0.3) is 0 Å². The molecule has 0 unspecified atom stereocenters. The van der Waals surface area contributed by atoms with Gasteiger partial charge in [-0.25, -0.2) is 13.1 Å². The molecule has 7 heteroatoms. The number of sulfonamides is 1. The van der Waals surface area contributed by atoms with Crippen LogP contribution >= 0.6 is 15.9 Å². The maximum atomic E-state index is 11.8. The minimum atomic E-state index is -3.55. The maximum Gasteiger partial charge on any atom is 0.242 e. The third-order valence-corrected chi connectivity index (χ3v) is 5.15. The lowest BCUT2D eigenvalue weighted by molar-refractivity contribution is 0.588. The number of nitrogens with two attached hydrogens (primary N) is 1. The minimum absolute atomic E-state index is 0.0684. The van der Waals surface area contributed by atoms with E-state index in [0.717, 1.165) is 15.7 Å². The van der Waals surface area contributed by atoms with Crippen molar-refractivity contribution in [2.45, 2.75) is 11.8 Å². The number of nitrogens with one attached hydrogen (secondary N) is 2. The first-order chi connectivity index (χ1) is 9.83. The zero-order chi connectivity index (χ0) is 15.6. The first kappa shape index (κ1) is 15.8. The normalized spacial score (nSPS) is 11.4. The Kier molecular flexibility index (Phi) is 4.55. The molecule has 4 N–H and O–H groups in total. The Morgan fingerprint density at radius 2 is 1.86 bits per heavy atom. The van der Waals surface area contributed by atoms with Crippen LogP contribution in [0.4, 0.5) is 17.1 Å². The Morgan fingerprint density at radius 1 is 1.14 bits per heavy atom. The van der Waals surface area contributed by atoms with Gasteiger partial charge in [0.2, 0.25) is 10.0 Å². The fraction of sp³-hybridized carbons (Fsp3) is 0.143. The molecule has 5 nitrogen and oxygen atoms in total. The second-order valence-corrected chi connectivity index (χ2v) is 7.28. The van der Waals surface area contributed by atoms with E-state index in [1.165, 1.54) is 13.1 Å². The molecule has 0 fully saturated rings. The van der Waals surface area contributed by atoms with Gasteiger partial charge in [-0.1, -0.05) is 6.07 Å². The molecule has 2 aromatic carbocycles. The van der Waals surface area contributed by atoms with E-state index in [1.54, 1.807) is 12.1 Å². The zero-order valence-corrected chi connectivity index (χ0v) is 14.0. The molecule has 21 heavy (non-hydrogen) atoms. The van der Waals surface area contributed by atoms with Crippen LogP contribution in [0, 0.1) is 6.92 Å². The molecule has 0 saturated heterocycles. The summed E-state index contributed by atoms with van der Waals surface area (Å²) in [6, 6.07) is 10.7. The van der Waals surface area contributed by atoms with Gasteiger partial charge in [0.15, 0.2) is 0 Å². The molecule has 0 bridgehead atoms. The summed E-state index contributed by atoms with van der Waals surface area (Å²) in [6.07, 6.45) is 0. The summed E-state index contributed by atoms with van der Waals surface area (Å²) in [5, 5.41) is 3.21. The number of aryl methyl sites for hydroxylation is 1. The van der Waals surface area contributed by atoms with Crippen LogP contribution in [0.3, 0.4) is 0 Å². The molecular weight excluding hydrogens is 354 g/mol. The molecule has 0 aliphatic heterocycles. The smallest absolute Gasteiger partial charge is 0.242 e. The highest BCUT2D eigenvalue weighted by Gasteiger charge is 2.15. The lowest BCUT2D eigenvalue weighted by Crippen LogP contribution is -2.19. The molecule has 0 heterocycles. The molecule has 0 saturated carbocycles. The summed E-state index contributed by atoms with van der Waals surface area (Å²) >= 11 is 3.46. The van der Waals surface area contributed by atoms with Crippen LogP contribution in [0.15, 0.2) is 45.8 Å². The van der Waals surface area contributed by atoms with E-state index in [4.69, 9.17) is 5.73 Å². The van der Waals surface area contributed by atoms with Gasteiger partial charge in [0.1, 0.15) is 4.90 Å². The van der Waals surface area contributed by atoms with Crippen LogP contribution in [0.2, 0.25) is 0 Å². The third kappa shape index (κ3) is 3.55. The van der Waals surface area contributed by atoms with Crippen molar-refractivity contribution in [1.82, 2.24) is 4.72 Å². The number of rotatable bonds is 4. The Morgan fingerprint density at radius 3 is 2.48 bits per heavy atom. The van der Waals surface area contributed by atoms with Crippen molar-refractivity contribution in [1.29, 1.82) is 0 Å². The SMILES string of the molecule is CNS(=O)(=O)c1ccc(Nc2cc(C)ccc2Br)cc1N. The van der Waals surface area contributed by atoms with E-state index in [-0.39, 0.29) is 10.6 Å². The van der Waals surface area contributed by atoms with Crippen molar-refractivity contribution < 1.29 is 8.42 Å². The van der Waals surface area contributed by atoms with Crippen LogP contribution in [-0.4, -0.2) is 15.5 Å². The molecule has 2 aromatic rings. The van der Waals surface area contributed by atoms with Crippen molar-refractivity contribution >= 4 is 43.0 Å². The Labute approximate surface area is 132 Å². The van der Waals surface area contributed by atoms with Crippen LogP contribution in [0.1, 0.15) is 5.56 Å². The fourth-order valence-corrected chi connectivity index (χ4v) is 3.05. The highest BCUT2D eigenvalue weighted by molar-refractivity contribution is 9.10. The lowest BCUT2D eigenvalue weighted by Gasteiger charge is -2.12. The predicted octanol–water partition coefficient (Wildman–Crippen LogP) is 2.99. The molecule has 112 valence electrons. The number of halogens is 1. The van der Waals surface area contributed by atoms with E-state index < -0.39 is 10.0 Å². The quantitative estimate of drug-likeness (QED) is 0.723. The Hall–Kier alpha value is -1.57. The molecule has 0 aliphatic carbocycles. The second kappa shape index (κ2) is 6.05. The topological polar surface area (TPSA) is 84.2 Å². The maximum absolute atomic E-state index is 11.8. The van der Waals surface area contributed by atoms with Gasteiger partial charge in [0, 0.05) is 10.2 Å². The molecule has 0 amide bonds. The van der Waals surface area contributed by atoms with Crippen molar-refractivity contribution in [3.05, 3.63) is 46.4 Å².